The van der Waals surface area contributed by atoms with E-state index in [4.69, 9.17) is 0 Å². The van der Waals surface area contributed by atoms with Gasteiger partial charge < -0.3 is 4.90 Å². The van der Waals surface area contributed by atoms with Gasteiger partial charge in [-0.25, -0.2) is 0 Å². The van der Waals surface area contributed by atoms with E-state index in [1.807, 2.05) is 33.0 Å². The molecule has 0 aromatic heterocycles. The van der Waals surface area contributed by atoms with E-state index in [0.717, 1.165) is 6.54 Å². The smallest absolute Gasteiger partial charge is 0.0193 e. The molecule has 0 fully saturated rings. The Balaban J connectivity index is 0. The van der Waals surface area contributed by atoms with Gasteiger partial charge in [0, 0.05) is 12.2 Å². The second-order valence-electron chi connectivity index (χ2n) is 2.01. The molecule has 1 heteroatoms. The lowest BCUT2D eigenvalue weighted by molar-refractivity contribution is 0.494. The zero-order valence-electron chi connectivity index (χ0n) is 8.80. The van der Waals surface area contributed by atoms with E-state index >= 15 is 0 Å². The fraction of sp³-hybridized carbons (Fsp3) is 0.455. The number of hydrogen-bond acceptors (Lipinski definition) is 1. The van der Waals surface area contributed by atoms with Crippen molar-refractivity contribution in [2.75, 3.05) is 6.54 Å². The third-order valence-corrected chi connectivity index (χ3v) is 1.37. The molecule has 0 saturated heterocycles. The first-order valence-electron chi connectivity index (χ1n) is 4.44. The number of rotatable bonds is 4. The number of nitrogens with zero attached hydrogens (tertiary/aromatic N) is 1. The van der Waals surface area contributed by atoms with Crippen molar-refractivity contribution in [3.63, 3.8) is 0 Å². The second-order valence-corrected chi connectivity index (χ2v) is 2.01. The van der Waals surface area contributed by atoms with Crippen LogP contribution in [0.2, 0.25) is 0 Å². The van der Waals surface area contributed by atoms with Crippen molar-refractivity contribution in [2.24, 2.45) is 0 Å². The molecule has 0 aliphatic carbocycles. The lowest BCUT2D eigenvalue weighted by Gasteiger charge is -2.17. The van der Waals surface area contributed by atoms with Gasteiger partial charge in [0.2, 0.25) is 0 Å². The van der Waals surface area contributed by atoms with E-state index in [0.29, 0.717) is 0 Å². The fourth-order valence-corrected chi connectivity index (χ4v) is 0.789. The zero-order valence-corrected chi connectivity index (χ0v) is 8.80. The van der Waals surface area contributed by atoms with Gasteiger partial charge in [-0.1, -0.05) is 33.1 Å². The van der Waals surface area contributed by atoms with Crippen LogP contribution in [0.25, 0.3) is 0 Å². The third-order valence-electron chi connectivity index (χ3n) is 1.37. The second kappa shape index (κ2) is 10.0. The van der Waals surface area contributed by atoms with Crippen molar-refractivity contribution in [1.29, 1.82) is 0 Å². The molecule has 70 valence electrons. The molecular weight excluding hydrogens is 146 g/mol. The molecule has 1 nitrogen and oxygen atoms in total. The minimum atomic E-state index is 0.958. The van der Waals surface area contributed by atoms with Crippen molar-refractivity contribution < 1.29 is 0 Å². The highest BCUT2D eigenvalue weighted by Gasteiger charge is 1.93. The Bertz CT molecular complexity index is 145. The monoisotopic (exact) mass is 167 g/mol. The fourth-order valence-electron chi connectivity index (χ4n) is 0.789. The Morgan fingerprint density at radius 1 is 1.33 bits per heavy atom. The molecule has 0 N–H and O–H groups in total. The van der Waals surface area contributed by atoms with Crippen molar-refractivity contribution in [3.8, 4) is 0 Å². The minimum absolute atomic E-state index is 0.958. The summed E-state index contributed by atoms with van der Waals surface area (Å²) in [6, 6.07) is 0. The number of allylic oxidation sites excluding steroid dienone is 3. The van der Waals surface area contributed by atoms with Gasteiger partial charge in [0.25, 0.3) is 0 Å². The maximum Gasteiger partial charge on any atom is 0.0193 e. The third kappa shape index (κ3) is 5.78. The van der Waals surface area contributed by atoms with Gasteiger partial charge in [-0.15, -0.1) is 0 Å². The Labute approximate surface area is 77.1 Å². The summed E-state index contributed by atoms with van der Waals surface area (Å²) in [5, 5.41) is 0. The van der Waals surface area contributed by atoms with Crippen LogP contribution >= 0.6 is 0 Å². The predicted octanol–water partition coefficient (Wildman–Crippen LogP) is 3.57. The normalized spacial score (nSPS) is 9.50. The summed E-state index contributed by atoms with van der Waals surface area (Å²) < 4.78 is 0. The van der Waals surface area contributed by atoms with Crippen molar-refractivity contribution in [2.45, 2.75) is 27.7 Å². The van der Waals surface area contributed by atoms with Crippen molar-refractivity contribution in [1.82, 2.24) is 4.90 Å². The number of hydrogen-bond donors (Lipinski definition) is 0. The molecule has 0 rings (SSSR count). The molecule has 0 aliphatic rings. The first-order chi connectivity index (χ1) is 5.76. The molecule has 0 radical (unpaired) electrons. The molecule has 0 spiro atoms. The van der Waals surface area contributed by atoms with Crippen LogP contribution in [-0.2, 0) is 0 Å². The van der Waals surface area contributed by atoms with Gasteiger partial charge in [-0.3, -0.25) is 0 Å². The summed E-state index contributed by atoms with van der Waals surface area (Å²) in [5.41, 5.74) is 1.17. The first kappa shape index (κ1) is 13.6. The predicted molar refractivity (Wildman–Crippen MR) is 57.9 cm³/mol. The largest absolute Gasteiger partial charge is 0.353 e. The van der Waals surface area contributed by atoms with E-state index in [1.165, 1.54) is 5.70 Å². The van der Waals surface area contributed by atoms with E-state index < -0.39 is 0 Å². The van der Waals surface area contributed by atoms with E-state index in [9.17, 15) is 0 Å². The Morgan fingerprint density at radius 3 is 2.08 bits per heavy atom. The van der Waals surface area contributed by atoms with Gasteiger partial charge in [-0.05, 0) is 26.1 Å². The molecule has 0 aliphatic heterocycles. The highest BCUT2D eigenvalue weighted by Crippen LogP contribution is 2.01. The van der Waals surface area contributed by atoms with Crippen LogP contribution in [0.3, 0.4) is 0 Å². The first-order valence-corrected chi connectivity index (χ1v) is 4.44. The van der Waals surface area contributed by atoms with Crippen LogP contribution in [0.5, 0.6) is 0 Å². The van der Waals surface area contributed by atoms with Crippen LogP contribution in [0.4, 0.5) is 0 Å². The van der Waals surface area contributed by atoms with E-state index in [2.05, 4.69) is 25.0 Å². The van der Waals surface area contributed by atoms with Gasteiger partial charge in [0.05, 0.1) is 0 Å². The molecular formula is C11H21N. The maximum atomic E-state index is 3.69. The average Bonchev–Trinajstić information content (AvgIpc) is 2.11. The Hall–Kier alpha value is -0.980. The standard InChI is InChI=1S/C9H15N.C2H6/c1-5-8-9(4)10(6-2)7-3;1-2/h5-6,8H,1-2,7H2,3-4H3;1-2H3/b9-8-;. The van der Waals surface area contributed by atoms with Crippen molar-refractivity contribution >= 4 is 0 Å². The Kier molecular flexibility index (Phi) is 11.4. The lowest BCUT2D eigenvalue weighted by Crippen LogP contribution is -2.12. The summed E-state index contributed by atoms with van der Waals surface area (Å²) in [4.78, 5) is 2.06. The van der Waals surface area contributed by atoms with Gasteiger partial charge in [-0.2, -0.15) is 0 Å². The molecule has 0 aromatic rings. The Morgan fingerprint density at radius 2 is 1.83 bits per heavy atom. The summed E-state index contributed by atoms with van der Waals surface area (Å²) in [6.07, 6.45) is 5.56. The topological polar surface area (TPSA) is 3.24 Å². The van der Waals surface area contributed by atoms with Gasteiger partial charge in [0.1, 0.15) is 0 Å². The zero-order chi connectivity index (χ0) is 9.98. The molecule has 0 atom stereocenters. The lowest BCUT2D eigenvalue weighted by atomic mass is 10.4. The minimum Gasteiger partial charge on any atom is -0.353 e. The van der Waals surface area contributed by atoms with E-state index in [-0.39, 0.29) is 0 Å². The van der Waals surface area contributed by atoms with Gasteiger partial charge in [0.15, 0.2) is 0 Å². The quantitative estimate of drug-likeness (QED) is 0.579. The summed E-state index contributed by atoms with van der Waals surface area (Å²) >= 11 is 0. The summed E-state index contributed by atoms with van der Waals surface area (Å²) in [6.45, 7) is 16.4. The molecule has 0 amide bonds. The van der Waals surface area contributed by atoms with Crippen LogP contribution in [-0.4, -0.2) is 11.4 Å². The maximum absolute atomic E-state index is 3.69. The SMILES string of the molecule is C=C/C=C(/C)N(C=C)CC.CC. The average molecular weight is 167 g/mol. The molecule has 0 saturated carbocycles. The molecule has 12 heavy (non-hydrogen) atoms. The molecule has 0 heterocycles. The highest BCUT2D eigenvalue weighted by atomic mass is 15.1. The summed E-state index contributed by atoms with van der Waals surface area (Å²) in [5.74, 6) is 0. The summed E-state index contributed by atoms with van der Waals surface area (Å²) in [7, 11) is 0. The van der Waals surface area contributed by atoms with Crippen LogP contribution in [0, 0.1) is 0 Å². The molecule has 0 unspecified atom stereocenters. The van der Waals surface area contributed by atoms with E-state index in [1.54, 1.807) is 6.08 Å². The molecule has 0 bridgehead atoms. The van der Waals surface area contributed by atoms with Crippen LogP contribution in [0.15, 0.2) is 37.2 Å². The van der Waals surface area contributed by atoms with Gasteiger partial charge >= 0.3 is 0 Å². The highest BCUT2D eigenvalue weighted by molar-refractivity contribution is 5.08. The van der Waals surface area contributed by atoms with Crippen molar-refractivity contribution in [3.05, 3.63) is 37.2 Å². The van der Waals surface area contributed by atoms with Crippen LogP contribution in [0.1, 0.15) is 27.7 Å². The molecule has 0 aromatic carbocycles. The van der Waals surface area contributed by atoms with Crippen LogP contribution < -0.4 is 0 Å².